The second-order valence-electron chi connectivity index (χ2n) is 5.26. The molecule has 2 aromatic rings. The van der Waals surface area contributed by atoms with E-state index < -0.39 is 4.92 Å². The number of rotatable bonds is 3. The molecular formula is C15H14ClN5O3. The molecule has 0 unspecified atom stereocenters. The number of carbonyl (C=O) groups is 1. The molecule has 1 aliphatic heterocycles. The summed E-state index contributed by atoms with van der Waals surface area (Å²) in [5.41, 5.74) is 0.774. The molecule has 1 saturated heterocycles. The highest BCUT2D eigenvalue weighted by Gasteiger charge is 2.26. The first-order chi connectivity index (χ1) is 11.6. The van der Waals surface area contributed by atoms with Gasteiger partial charge in [0.25, 0.3) is 11.6 Å². The second-order valence-corrected chi connectivity index (χ2v) is 5.70. The molecule has 1 fully saturated rings. The highest BCUT2D eigenvalue weighted by atomic mass is 35.5. The maximum atomic E-state index is 12.3. The number of amides is 1. The summed E-state index contributed by atoms with van der Waals surface area (Å²) in [7, 11) is 0. The van der Waals surface area contributed by atoms with E-state index in [1.54, 1.807) is 17.0 Å². The van der Waals surface area contributed by atoms with E-state index in [1.165, 1.54) is 24.7 Å². The number of nitro groups is 1. The lowest BCUT2D eigenvalue weighted by molar-refractivity contribution is -0.384. The number of aromatic nitrogens is 2. The Kier molecular flexibility index (Phi) is 4.57. The van der Waals surface area contributed by atoms with Crippen LogP contribution in [-0.4, -0.2) is 51.9 Å². The molecule has 1 aromatic heterocycles. The first kappa shape index (κ1) is 16.1. The first-order valence-electron chi connectivity index (χ1n) is 7.30. The number of hydrogen-bond donors (Lipinski definition) is 0. The number of hydrogen-bond acceptors (Lipinski definition) is 6. The summed E-state index contributed by atoms with van der Waals surface area (Å²) in [5.74, 6) is -0.187. The summed E-state index contributed by atoms with van der Waals surface area (Å²) in [6.45, 7) is 1.90. The van der Waals surface area contributed by atoms with Crippen molar-refractivity contribution in [2.75, 3.05) is 31.1 Å². The molecule has 124 valence electrons. The second kappa shape index (κ2) is 6.79. The monoisotopic (exact) mass is 347 g/mol. The van der Waals surface area contributed by atoms with Gasteiger partial charge in [0, 0.05) is 49.7 Å². The smallest absolute Gasteiger partial charge is 0.294 e. The molecule has 1 aliphatic rings. The van der Waals surface area contributed by atoms with Crippen LogP contribution in [0.3, 0.4) is 0 Å². The third-order valence-corrected chi connectivity index (χ3v) is 4.06. The lowest BCUT2D eigenvalue weighted by atomic mass is 10.2. The summed E-state index contributed by atoms with van der Waals surface area (Å²) in [5, 5.41) is 11.5. The van der Waals surface area contributed by atoms with E-state index in [1.807, 2.05) is 4.90 Å². The van der Waals surface area contributed by atoms with Crippen LogP contribution in [0.2, 0.25) is 5.02 Å². The minimum absolute atomic E-state index is 0.0313. The van der Waals surface area contributed by atoms with E-state index in [2.05, 4.69) is 9.97 Å². The molecule has 0 atom stereocenters. The van der Waals surface area contributed by atoms with Crippen LogP contribution in [0.4, 0.5) is 11.4 Å². The van der Waals surface area contributed by atoms with E-state index >= 15 is 0 Å². The Morgan fingerprint density at radius 2 is 1.96 bits per heavy atom. The third-order valence-electron chi connectivity index (χ3n) is 3.82. The van der Waals surface area contributed by atoms with Crippen molar-refractivity contribution in [1.29, 1.82) is 0 Å². The minimum Gasteiger partial charge on any atom is -0.362 e. The van der Waals surface area contributed by atoms with Gasteiger partial charge < -0.3 is 9.80 Å². The molecule has 1 aromatic carbocycles. The van der Waals surface area contributed by atoms with E-state index in [9.17, 15) is 14.9 Å². The van der Waals surface area contributed by atoms with Gasteiger partial charge in [0.2, 0.25) is 0 Å². The van der Waals surface area contributed by atoms with Gasteiger partial charge in [-0.15, -0.1) is 0 Å². The lowest BCUT2D eigenvalue weighted by Gasteiger charge is -2.35. The zero-order chi connectivity index (χ0) is 17.1. The van der Waals surface area contributed by atoms with E-state index in [0.717, 1.165) is 0 Å². The molecule has 8 nitrogen and oxygen atoms in total. The van der Waals surface area contributed by atoms with Crippen molar-refractivity contribution in [2.24, 2.45) is 0 Å². The van der Waals surface area contributed by atoms with Crippen molar-refractivity contribution in [1.82, 2.24) is 14.9 Å². The highest BCUT2D eigenvalue weighted by Crippen LogP contribution is 2.31. The van der Waals surface area contributed by atoms with Crippen molar-refractivity contribution in [3.05, 3.63) is 57.6 Å². The summed E-state index contributed by atoms with van der Waals surface area (Å²) in [6, 6.07) is 4.61. The first-order valence-corrected chi connectivity index (χ1v) is 7.68. The number of benzene rings is 1. The van der Waals surface area contributed by atoms with Gasteiger partial charge in [0.1, 0.15) is 11.4 Å². The quantitative estimate of drug-likeness (QED) is 0.622. The average molecular weight is 348 g/mol. The van der Waals surface area contributed by atoms with Gasteiger partial charge in [-0.25, -0.2) is 4.98 Å². The molecule has 24 heavy (non-hydrogen) atoms. The maximum absolute atomic E-state index is 12.3. The van der Waals surface area contributed by atoms with Crippen LogP contribution in [0.25, 0.3) is 0 Å². The average Bonchev–Trinajstić information content (AvgIpc) is 2.62. The molecule has 0 aliphatic carbocycles. The van der Waals surface area contributed by atoms with Crippen LogP contribution in [-0.2, 0) is 0 Å². The zero-order valence-electron chi connectivity index (χ0n) is 12.6. The van der Waals surface area contributed by atoms with E-state index in [-0.39, 0.29) is 11.6 Å². The standard InChI is InChI=1S/C15H14ClN5O3/c16-11-1-2-13(14(9-11)21(23)24)19-5-7-20(8-6-19)15(22)12-10-17-3-4-18-12/h1-4,9-10H,5-8H2. The molecule has 9 heteroatoms. The molecule has 3 rings (SSSR count). The van der Waals surface area contributed by atoms with Gasteiger partial charge in [-0.1, -0.05) is 11.6 Å². The molecule has 0 saturated carbocycles. The molecule has 2 heterocycles. The van der Waals surface area contributed by atoms with Gasteiger partial charge in [-0.05, 0) is 12.1 Å². The number of nitro benzene ring substituents is 1. The topological polar surface area (TPSA) is 92.5 Å². The number of carbonyl (C=O) groups excluding carboxylic acids is 1. The Bertz CT molecular complexity index is 763. The minimum atomic E-state index is -0.446. The Morgan fingerprint density at radius 3 is 2.58 bits per heavy atom. The molecule has 1 amide bonds. The van der Waals surface area contributed by atoms with Crippen molar-refractivity contribution >= 4 is 28.9 Å². The van der Waals surface area contributed by atoms with E-state index in [0.29, 0.717) is 42.6 Å². The van der Waals surface area contributed by atoms with Crippen LogP contribution < -0.4 is 4.90 Å². The fourth-order valence-corrected chi connectivity index (χ4v) is 2.80. The van der Waals surface area contributed by atoms with Crippen LogP contribution in [0.15, 0.2) is 36.8 Å². The van der Waals surface area contributed by atoms with Crippen molar-refractivity contribution < 1.29 is 9.72 Å². The van der Waals surface area contributed by atoms with Gasteiger partial charge in [-0.2, -0.15) is 0 Å². The van der Waals surface area contributed by atoms with Gasteiger partial charge in [0.05, 0.1) is 11.1 Å². The van der Waals surface area contributed by atoms with Crippen LogP contribution >= 0.6 is 11.6 Å². The SMILES string of the molecule is O=C(c1cnccn1)N1CCN(c2ccc(Cl)cc2[N+](=O)[O-])CC1. The Labute approximate surface area is 142 Å². The number of anilines is 1. The van der Waals surface area contributed by atoms with Crippen LogP contribution in [0.1, 0.15) is 10.5 Å². The Hall–Kier alpha value is -2.74. The normalized spacial score (nSPS) is 14.5. The lowest BCUT2D eigenvalue weighted by Crippen LogP contribution is -2.49. The van der Waals surface area contributed by atoms with Crippen molar-refractivity contribution in [3.8, 4) is 0 Å². The predicted octanol–water partition coefficient (Wildman–Crippen LogP) is 2.00. The summed E-state index contributed by atoms with van der Waals surface area (Å²) < 4.78 is 0. The summed E-state index contributed by atoms with van der Waals surface area (Å²) in [6.07, 6.45) is 4.41. The molecular weight excluding hydrogens is 334 g/mol. The van der Waals surface area contributed by atoms with Crippen LogP contribution in [0, 0.1) is 10.1 Å². The summed E-state index contributed by atoms with van der Waals surface area (Å²) in [4.78, 5) is 34.6. The molecule has 0 spiro atoms. The third kappa shape index (κ3) is 3.28. The maximum Gasteiger partial charge on any atom is 0.294 e. The molecule has 0 bridgehead atoms. The van der Waals surface area contributed by atoms with Crippen LogP contribution in [0.5, 0.6) is 0 Å². The highest BCUT2D eigenvalue weighted by molar-refractivity contribution is 6.30. The largest absolute Gasteiger partial charge is 0.362 e. The van der Waals surface area contributed by atoms with Gasteiger partial charge in [-0.3, -0.25) is 19.9 Å². The fraction of sp³-hybridized carbons (Fsp3) is 0.267. The fourth-order valence-electron chi connectivity index (χ4n) is 2.63. The number of piperazine rings is 1. The Morgan fingerprint density at radius 1 is 1.21 bits per heavy atom. The van der Waals surface area contributed by atoms with Crippen molar-refractivity contribution in [2.45, 2.75) is 0 Å². The Balaban J connectivity index is 1.72. The van der Waals surface area contributed by atoms with Gasteiger partial charge >= 0.3 is 0 Å². The summed E-state index contributed by atoms with van der Waals surface area (Å²) >= 11 is 5.84. The van der Waals surface area contributed by atoms with Crippen molar-refractivity contribution in [3.63, 3.8) is 0 Å². The molecule has 0 N–H and O–H groups in total. The predicted molar refractivity (Wildman–Crippen MR) is 88.3 cm³/mol. The molecule has 0 radical (unpaired) electrons. The van der Waals surface area contributed by atoms with Gasteiger partial charge in [0.15, 0.2) is 0 Å². The van der Waals surface area contributed by atoms with E-state index in [4.69, 9.17) is 11.6 Å². The zero-order valence-corrected chi connectivity index (χ0v) is 13.4. The number of nitrogens with zero attached hydrogens (tertiary/aromatic N) is 5. The number of halogens is 1.